The van der Waals surface area contributed by atoms with Crippen LogP contribution in [0.25, 0.3) is 0 Å². The van der Waals surface area contributed by atoms with Crippen LogP contribution in [0.3, 0.4) is 0 Å². The number of hydrogen-bond acceptors (Lipinski definition) is 7. The fraction of sp³-hybridized carbons (Fsp3) is 0.217. The molecule has 9 nitrogen and oxygen atoms in total. The first-order chi connectivity index (χ1) is 16.3. The highest BCUT2D eigenvalue weighted by Crippen LogP contribution is 2.27. The van der Waals surface area contributed by atoms with Crippen LogP contribution in [0, 0.1) is 0 Å². The van der Waals surface area contributed by atoms with Crippen LogP contribution >= 0.6 is 11.3 Å². The number of thiophene rings is 1. The lowest BCUT2D eigenvalue weighted by Crippen LogP contribution is -2.43. The molecule has 0 unspecified atom stereocenters. The molecule has 0 atom stereocenters. The van der Waals surface area contributed by atoms with Crippen molar-refractivity contribution in [3.05, 3.63) is 71.6 Å². The van der Waals surface area contributed by atoms with Crippen LogP contribution < -0.4 is 19.8 Å². The molecule has 34 heavy (non-hydrogen) atoms. The summed E-state index contributed by atoms with van der Waals surface area (Å²) in [5.41, 5.74) is 2.21. The van der Waals surface area contributed by atoms with Crippen molar-refractivity contribution in [2.45, 2.75) is 4.21 Å². The van der Waals surface area contributed by atoms with Crippen molar-refractivity contribution >= 4 is 50.3 Å². The van der Waals surface area contributed by atoms with Gasteiger partial charge in [0.25, 0.3) is 15.9 Å². The number of hydrogen-bond donors (Lipinski definition) is 3. The fourth-order valence-electron chi connectivity index (χ4n) is 3.62. The number of nitrogens with one attached hydrogen (secondary N) is 2. The number of benzene rings is 2. The molecule has 1 aliphatic heterocycles. The van der Waals surface area contributed by atoms with Crippen LogP contribution in [-0.4, -0.2) is 58.1 Å². The number of carbonyl (C=O) groups is 2. The number of carboxylic acids is 1. The maximum Gasteiger partial charge on any atom is 0.324 e. The van der Waals surface area contributed by atoms with Crippen LogP contribution in [0.1, 0.15) is 10.4 Å². The van der Waals surface area contributed by atoms with Gasteiger partial charge in [0.05, 0.1) is 5.69 Å². The number of amides is 1. The monoisotopic (exact) mass is 500 g/mol. The average Bonchev–Trinajstić information content (AvgIpc) is 3.40. The molecular formula is C23H24N4O5S2. The number of sulfonamides is 1. The summed E-state index contributed by atoms with van der Waals surface area (Å²) in [5, 5.41) is 16.9. The largest absolute Gasteiger partial charge is 0.480 e. The van der Waals surface area contributed by atoms with Crippen LogP contribution in [0.5, 0.6) is 0 Å². The second kappa shape index (κ2) is 10.2. The Kier molecular flexibility index (Phi) is 7.15. The first-order valence-electron chi connectivity index (χ1n) is 10.6. The molecule has 11 heteroatoms. The van der Waals surface area contributed by atoms with Crippen LogP contribution in [0.4, 0.5) is 17.1 Å². The Bertz CT molecular complexity index is 1240. The highest BCUT2D eigenvalue weighted by Gasteiger charge is 2.28. The lowest BCUT2D eigenvalue weighted by Gasteiger charge is -2.29. The summed E-state index contributed by atoms with van der Waals surface area (Å²) < 4.78 is 26.7. The van der Waals surface area contributed by atoms with Gasteiger partial charge >= 0.3 is 5.97 Å². The Balaban J connectivity index is 1.47. The molecule has 1 amide bonds. The van der Waals surface area contributed by atoms with Gasteiger partial charge in [-0.2, -0.15) is 0 Å². The van der Waals surface area contributed by atoms with Crippen molar-refractivity contribution in [2.75, 3.05) is 47.2 Å². The molecule has 0 spiro atoms. The zero-order valence-electron chi connectivity index (χ0n) is 18.2. The summed E-state index contributed by atoms with van der Waals surface area (Å²) in [4.78, 5) is 26.2. The van der Waals surface area contributed by atoms with Crippen molar-refractivity contribution in [2.24, 2.45) is 0 Å². The Morgan fingerprint density at radius 3 is 2.29 bits per heavy atom. The minimum Gasteiger partial charge on any atom is -0.480 e. The third-order valence-corrected chi connectivity index (χ3v) is 8.49. The number of anilines is 3. The maximum absolute atomic E-state index is 12.9. The quantitative estimate of drug-likeness (QED) is 0.435. The first kappa shape index (κ1) is 23.7. The molecule has 2 heterocycles. The van der Waals surface area contributed by atoms with Gasteiger partial charge in [-0.25, -0.2) is 8.42 Å². The second-order valence-electron chi connectivity index (χ2n) is 7.62. The number of carboxylic acid groups (broad SMARTS) is 1. The lowest BCUT2D eigenvalue weighted by atomic mass is 10.1. The van der Waals surface area contributed by atoms with E-state index >= 15 is 0 Å². The number of piperazine rings is 1. The van der Waals surface area contributed by atoms with E-state index in [4.69, 9.17) is 0 Å². The van der Waals surface area contributed by atoms with Gasteiger partial charge in [0.2, 0.25) is 0 Å². The minimum atomic E-state index is -4.02. The molecule has 4 rings (SSSR count). The molecule has 0 bridgehead atoms. The van der Waals surface area contributed by atoms with Crippen molar-refractivity contribution in [3.8, 4) is 0 Å². The predicted molar refractivity (Wildman–Crippen MR) is 132 cm³/mol. The van der Waals surface area contributed by atoms with E-state index in [9.17, 15) is 23.1 Å². The van der Waals surface area contributed by atoms with Gasteiger partial charge in [-0.1, -0.05) is 6.07 Å². The molecular weight excluding hydrogens is 476 g/mol. The van der Waals surface area contributed by atoms with E-state index in [1.165, 1.54) is 18.2 Å². The van der Waals surface area contributed by atoms with E-state index in [1.807, 2.05) is 12.1 Å². The number of carbonyl (C=O) groups excluding carboxylic acids is 1. The fourth-order valence-corrected chi connectivity index (χ4v) is 6.14. The summed E-state index contributed by atoms with van der Waals surface area (Å²) in [7, 11) is -4.02. The smallest absolute Gasteiger partial charge is 0.324 e. The van der Waals surface area contributed by atoms with E-state index in [0.29, 0.717) is 11.3 Å². The van der Waals surface area contributed by atoms with Crippen molar-refractivity contribution in [3.63, 3.8) is 0 Å². The van der Waals surface area contributed by atoms with Gasteiger partial charge in [0.15, 0.2) is 0 Å². The van der Waals surface area contributed by atoms with Gasteiger partial charge in [-0.05, 0) is 60.0 Å². The van der Waals surface area contributed by atoms with Crippen LogP contribution in [0.2, 0.25) is 0 Å². The maximum atomic E-state index is 12.9. The van der Waals surface area contributed by atoms with E-state index in [-0.39, 0.29) is 15.8 Å². The van der Waals surface area contributed by atoms with Crippen molar-refractivity contribution in [1.29, 1.82) is 0 Å². The molecule has 1 aromatic heterocycles. The normalized spacial score (nSPS) is 13.9. The van der Waals surface area contributed by atoms with Gasteiger partial charge in [0.1, 0.15) is 10.8 Å². The summed E-state index contributed by atoms with van der Waals surface area (Å²) >= 11 is 1.01. The van der Waals surface area contributed by atoms with Crippen LogP contribution in [0.15, 0.2) is 70.3 Å². The van der Waals surface area contributed by atoms with Gasteiger partial charge in [-0.3, -0.25) is 13.9 Å². The topological polar surface area (TPSA) is 119 Å². The minimum absolute atomic E-state index is 0.0513. The molecule has 3 N–H and O–H groups in total. The van der Waals surface area contributed by atoms with Crippen LogP contribution in [-0.2, 0) is 14.8 Å². The Morgan fingerprint density at radius 1 is 1.03 bits per heavy atom. The highest BCUT2D eigenvalue weighted by molar-refractivity contribution is 7.94. The Morgan fingerprint density at radius 2 is 1.71 bits per heavy atom. The molecule has 1 fully saturated rings. The van der Waals surface area contributed by atoms with Crippen molar-refractivity contribution < 1.29 is 23.1 Å². The van der Waals surface area contributed by atoms with E-state index in [1.54, 1.807) is 35.7 Å². The van der Waals surface area contributed by atoms with Gasteiger partial charge in [-0.15, -0.1) is 11.3 Å². The second-order valence-corrected chi connectivity index (χ2v) is 10.7. The number of rotatable bonds is 8. The molecule has 2 aromatic carbocycles. The highest BCUT2D eigenvalue weighted by atomic mass is 32.2. The third kappa shape index (κ3) is 5.38. The zero-order valence-corrected chi connectivity index (χ0v) is 19.8. The Hall–Kier alpha value is -3.41. The van der Waals surface area contributed by atoms with E-state index in [0.717, 1.165) is 47.5 Å². The zero-order chi connectivity index (χ0) is 24.1. The summed E-state index contributed by atoms with van der Waals surface area (Å²) in [6, 6.07) is 16.4. The van der Waals surface area contributed by atoms with E-state index < -0.39 is 22.5 Å². The Labute approximate surface area is 201 Å². The third-order valence-electron chi connectivity index (χ3n) is 5.34. The van der Waals surface area contributed by atoms with Crippen molar-refractivity contribution in [1.82, 2.24) is 5.32 Å². The summed E-state index contributed by atoms with van der Waals surface area (Å²) in [6.07, 6.45) is 0. The predicted octanol–water partition coefficient (Wildman–Crippen LogP) is 2.69. The summed E-state index contributed by atoms with van der Waals surface area (Å²) in [6.45, 7) is 2.97. The average molecular weight is 501 g/mol. The molecule has 0 saturated carbocycles. The molecule has 0 radical (unpaired) electrons. The molecule has 0 aliphatic carbocycles. The molecule has 3 aromatic rings. The molecule has 1 saturated heterocycles. The lowest BCUT2D eigenvalue weighted by molar-refractivity contribution is -0.135. The first-order valence-corrected chi connectivity index (χ1v) is 12.9. The van der Waals surface area contributed by atoms with E-state index in [2.05, 4.69) is 15.5 Å². The van der Waals surface area contributed by atoms with Gasteiger partial charge < -0.3 is 20.6 Å². The number of aliphatic carboxylic acids is 1. The summed E-state index contributed by atoms with van der Waals surface area (Å²) in [5.74, 6) is -1.57. The number of nitrogens with zero attached hydrogens (tertiary/aromatic N) is 2. The SMILES string of the molecule is O=C(O)CN(c1ccc(NC(=O)c2ccc(N3CCNCC3)cc2)cc1)S(=O)(=O)c1cccs1. The molecule has 178 valence electrons. The van der Waals surface area contributed by atoms with Gasteiger partial charge in [0, 0.05) is 43.1 Å². The standard InChI is InChI=1S/C23H24N4O5S2/c28-21(29)16-27(34(31,32)22-2-1-15-33-22)20-9-5-18(6-10-20)25-23(30)17-3-7-19(8-4-17)26-13-11-24-12-14-26/h1-10,15,24H,11-14,16H2,(H,25,30)(H,28,29). The molecule has 1 aliphatic rings.